The van der Waals surface area contributed by atoms with Crippen molar-refractivity contribution in [1.82, 2.24) is 0 Å². The monoisotopic (exact) mass is 243 g/mol. The second kappa shape index (κ2) is 6.11. The molecule has 1 aromatic carbocycles. The van der Waals surface area contributed by atoms with Crippen LogP contribution >= 0.6 is 11.8 Å². The molecule has 0 aliphatic carbocycles. The van der Waals surface area contributed by atoms with E-state index in [-0.39, 0.29) is 18.0 Å². The van der Waals surface area contributed by atoms with Crippen LogP contribution in [0.25, 0.3) is 0 Å². The summed E-state index contributed by atoms with van der Waals surface area (Å²) in [5.74, 6) is -0.185. The summed E-state index contributed by atoms with van der Waals surface area (Å²) >= 11 is 1.41. The first-order valence-electron chi connectivity index (χ1n) is 5.21. The maximum Gasteiger partial charge on any atom is 0.138 e. The molecule has 0 bridgehead atoms. The van der Waals surface area contributed by atoms with Gasteiger partial charge in [0.05, 0.1) is 6.10 Å². The van der Waals surface area contributed by atoms with Crippen molar-refractivity contribution in [2.45, 2.75) is 30.9 Å². The fourth-order valence-electron chi connectivity index (χ4n) is 1.34. The van der Waals surface area contributed by atoms with E-state index in [1.165, 1.54) is 17.8 Å². The molecule has 90 valence electrons. The predicted molar refractivity (Wildman–Crippen MR) is 67.7 cm³/mol. The lowest BCUT2D eigenvalue weighted by molar-refractivity contribution is 0.106. The van der Waals surface area contributed by atoms with Crippen LogP contribution in [0.1, 0.15) is 13.8 Å². The summed E-state index contributed by atoms with van der Waals surface area (Å²) in [5.41, 5.74) is 0.784. The smallest absolute Gasteiger partial charge is 0.138 e. The van der Waals surface area contributed by atoms with Crippen molar-refractivity contribution in [2.24, 2.45) is 0 Å². The zero-order valence-electron chi connectivity index (χ0n) is 10.1. The molecule has 1 rings (SSSR count). The Kier molecular flexibility index (Phi) is 5.09. The molecule has 1 N–H and O–H groups in total. The van der Waals surface area contributed by atoms with Gasteiger partial charge in [0.15, 0.2) is 0 Å². The van der Waals surface area contributed by atoms with Gasteiger partial charge in [-0.1, -0.05) is 0 Å². The van der Waals surface area contributed by atoms with Gasteiger partial charge in [0, 0.05) is 23.7 Å². The number of hydrogen-bond donors (Lipinski definition) is 1. The SMILES string of the molecule is COC(C)C(C)Nc1ccc(SC)c(F)c1. The van der Waals surface area contributed by atoms with Crippen LogP contribution in [0.4, 0.5) is 10.1 Å². The van der Waals surface area contributed by atoms with Gasteiger partial charge in [-0.3, -0.25) is 0 Å². The third-order valence-corrected chi connectivity index (χ3v) is 3.39. The standard InChI is InChI=1S/C12H18FNOS/c1-8(9(2)15-3)14-10-5-6-12(16-4)11(13)7-10/h5-9,14H,1-4H3. The van der Waals surface area contributed by atoms with Crippen molar-refractivity contribution < 1.29 is 9.13 Å². The Labute approximate surface area is 101 Å². The number of thioether (sulfide) groups is 1. The highest BCUT2D eigenvalue weighted by atomic mass is 32.2. The van der Waals surface area contributed by atoms with Crippen molar-refractivity contribution in [3.05, 3.63) is 24.0 Å². The summed E-state index contributed by atoms with van der Waals surface area (Å²) in [6.07, 6.45) is 1.95. The van der Waals surface area contributed by atoms with Crippen LogP contribution in [0.5, 0.6) is 0 Å². The third kappa shape index (κ3) is 3.39. The maximum absolute atomic E-state index is 13.5. The average molecular weight is 243 g/mol. The van der Waals surface area contributed by atoms with E-state index < -0.39 is 0 Å². The normalized spacial score (nSPS) is 14.6. The van der Waals surface area contributed by atoms with Crippen LogP contribution in [0.3, 0.4) is 0 Å². The van der Waals surface area contributed by atoms with Crippen LogP contribution in [0.15, 0.2) is 23.1 Å². The zero-order chi connectivity index (χ0) is 12.1. The van der Waals surface area contributed by atoms with Crippen molar-refractivity contribution >= 4 is 17.4 Å². The minimum atomic E-state index is -0.185. The van der Waals surface area contributed by atoms with Gasteiger partial charge in [0.1, 0.15) is 5.82 Å². The van der Waals surface area contributed by atoms with Crippen molar-refractivity contribution in [1.29, 1.82) is 0 Å². The number of nitrogens with one attached hydrogen (secondary N) is 1. The highest BCUT2D eigenvalue weighted by molar-refractivity contribution is 7.98. The van der Waals surface area contributed by atoms with Crippen LogP contribution in [-0.4, -0.2) is 25.5 Å². The van der Waals surface area contributed by atoms with Gasteiger partial charge < -0.3 is 10.1 Å². The molecule has 4 heteroatoms. The zero-order valence-corrected chi connectivity index (χ0v) is 10.9. The largest absolute Gasteiger partial charge is 0.380 e. The summed E-state index contributed by atoms with van der Waals surface area (Å²) < 4.78 is 18.7. The first-order valence-corrected chi connectivity index (χ1v) is 6.43. The molecule has 0 saturated heterocycles. The summed E-state index contributed by atoms with van der Waals surface area (Å²) in [4.78, 5) is 0.665. The van der Waals surface area contributed by atoms with Gasteiger partial charge >= 0.3 is 0 Å². The van der Waals surface area contributed by atoms with Gasteiger partial charge in [-0.05, 0) is 38.3 Å². The number of hydrogen-bond acceptors (Lipinski definition) is 3. The number of benzene rings is 1. The minimum Gasteiger partial charge on any atom is -0.380 e. The van der Waals surface area contributed by atoms with Gasteiger partial charge in [0.25, 0.3) is 0 Å². The van der Waals surface area contributed by atoms with E-state index in [0.717, 1.165) is 5.69 Å². The molecular formula is C12H18FNOS. The highest BCUT2D eigenvalue weighted by Crippen LogP contribution is 2.22. The quantitative estimate of drug-likeness (QED) is 0.801. The molecule has 0 radical (unpaired) electrons. The fraction of sp³-hybridized carbons (Fsp3) is 0.500. The summed E-state index contributed by atoms with van der Waals surface area (Å²) in [5, 5.41) is 3.21. The van der Waals surface area contributed by atoms with Crippen LogP contribution in [-0.2, 0) is 4.74 Å². The van der Waals surface area contributed by atoms with Crippen molar-refractivity contribution in [3.63, 3.8) is 0 Å². The summed E-state index contributed by atoms with van der Waals surface area (Å²) in [6.45, 7) is 3.98. The minimum absolute atomic E-state index is 0.0864. The average Bonchev–Trinajstić information content (AvgIpc) is 2.28. The number of methoxy groups -OCH3 is 1. The lowest BCUT2D eigenvalue weighted by Crippen LogP contribution is -2.29. The van der Waals surface area contributed by atoms with Crippen LogP contribution in [0.2, 0.25) is 0 Å². The molecule has 0 fully saturated rings. The first kappa shape index (κ1) is 13.3. The molecule has 0 aliphatic heterocycles. The summed E-state index contributed by atoms with van der Waals surface area (Å²) in [7, 11) is 1.67. The van der Waals surface area contributed by atoms with E-state index in [1.54, 1.807) is 13.2 Å². The van der Waals surface area contributed by atoms with E-state index in [1.807, 2.05) is 26.2 Å². The van der Waals surface area contributed by atoms with Gasteiger partial charge in [-0.15, -0.1) is 11.8 Å². The van der Waals surface area contributed by atoms with E-state index in [9.17, 15) is 4.39 Å². The molecule has 0 saturated carbocycles. The lowest BCUT2D eigenvalue weighted by atomic mass is 10.2. The van der Waals surface area contributed by atoms with E-state index in [2.05, 4.69) is 5.32 Å². The Morgan fingerprint density at radius 3 is 2.56 bits per heavy atom. The Balaban J connectivity index is 2.71. The molecule has 0 spiro atoms. The molecule has 0 aliphatic rings. The Morgan fingerprint density at radius 1 is 1.38 bits per heavy atom. The van der Waals surface area contributed by atoms with E-state index in [4.69, 9.17) is 4.74 Å². The number of rotatable bonds is 5. The second-order valence-corrected chi connectivity index (χ2v) is 4.57. The van der Waals surface area contributed by atoms with E-state index >= 15 is 0 Å². The number of anilines is 1. The predicted octanol–water partition coefficient (Wildman–Crippen LogP) is 3.38. The first-order chi connectivity index (χ1) is 7.58. The Bertz CT molecular complexity index is 346. The molecule has 0 aromatic heterocycles. The second-order valence-electron chi connectivity index (χ2n) is 3.72. The summed E-state index contributed by atoms with van der Waals surface area (Å²) in [6, 6.07) is 5.33. The van der Waals surface area contributed by atoms with Gasteiger partial charge in [0.2, 0.25) is 0 Å². The molecule has 16 heavy (non-hydrogen) atoms. The molecule has 2 nitrogen and oxygen atoms in total. The Hall–Kier alpha value is -0.740. The van der Waals surface area contributed by atoms with Crippen molar-refractivity contribution in [3.8, 4) is 0 Å². The van der Waals surface area contributed by atoms with Crippen LogP contribution < -0.4 is 5.32 Å². The molecular weight excluding hydrogens is 225 g/mol. The number of halogens is 1. The topological polar surface area (TPSA) is 21.3 Å². The molecule has 0 heterocycles. The molecule has 2 unspecified atom stereocenters. The van der Waals surface area contributed by atoms with Crippen molar-refractivity contribution in [2.75, 3.05) is 18.7 Å². The third-order valence-electron chi connectivity index (χ3n) is 2.62. The lowest BCUT2D eigenvalue weighted by Gasteiger charge is -2.21. The van der Waals surface area contributed by atoms with Gasteiger partial charge in [-0.25, -0.2) is 4.39 Å². The highest BCUT2D eigenvalue weighted by Gasteiger charge is 2.11. The van der Waals surface area contributed by atoms with E-state index in [0.29, 0.717) is 4.90 Å². The van der Waals surface area contributed by atoms with Gasteiger partial charge in [-0.2, -0.15) is 0 Å². The molecule has 2 atom stereocenters. The van der Waals surface area contributed by atoms with Crippen LogP contribution in [0, 0.1) is 5.82 Å². The molecule has 1 aromatic rings. The Morgan fingerprint density at radius 2 is 2.06 bits per heavy atom. The number of ether oxygens (including phenoxy) is 1. The fourth-order valence-corrected chi connectivity index (χ4v) is 1.80. The molecule has 0 amide bonds. The maximum atomic E-state index is 13.5.